The Labute approximate surface area is 120 Å². The van der Waals surface area contributed by atoms with Crippen LogP contribution in [-0.2, 0) is 9.47 Å². The lowest BCUT2D eigenvalue weighted by Crippen LogP contribution is -2.57. The van der Waals surface area contributed by atoms with Crippen LogP contribution in [0.15, 0.2) is 24.3 Å². The number of imidazole rings is 1. The van der Waals surface area contributed by atoms with E-state index in [4.69, 9.17) is 9.47 Å². The third-order valence-electron chi connectivity index (χ3n) is 4.93. The minimum absolute atomic E-state index is 0.0410. The molecule has 5 atom stereocenters. The molecule has 3 aliphatic heterocycles. The van der Waals surface area contributed by atoms with Crippen LogP contribution in [0.1, 0.15) is 24.2 Å². The number of nitriles is 1. The van der Waals surface area contributed by atoms with Gasteiger partial charge < -0.3 is 19.1 Å². The molecule has 0 aliphatic carbocycles. The first kappa shape index (κ1) is 11.7. The van der Waals surface area contributed by atoms with Crippen molar-refractivity contribution in [3.05, 3.63) is 30.1 Å². The number of hydrogen-bond donors (Lipinski definition) is 1. The lowest BCUT2D eigenvalue weighted by molar-refractivity contribution is -0.234. The van der Waals surface area contributed by atoms with E-state index in [1.807, 2.05) is 24.3 Å². The van der Waals surface area contributed by atoms with Crippen molar-refractivity contribution < 1.29 is 14.6 Å². The van der Waals surface area contributed by atoms with Crippen LogP contribution in [0.25, 0.3) is 11.0 Å². The standard InChI is InChI=1S/C15H13N3O3/c16-6-8-13-17-9-3-1-2-4-10(9)18(13)11-5-15(8,19)14-20-7-12(11)21-14/h1-4,8,11-12,14,19H,5,7H2/t8-,11-,12+,14-,15-/m0/s1. The molecule has 0 saturated carbocycles. The second kappa shape index (κ2) is 3.63. The molecule has 4 heterocycles. The van der Waals surface area contributed by atoms with Crippen LogP contribution in [0, 0.1) is 11.3 Å². The van der Waals surface area contributed by atoms with Crippen molar-refractivity contribution in [2.75, 3.05) is 6.61 Å². The first-order chi connectivity index (χ1) is 10.2. The Morgan fingerprint density at radius 2 is 2.29 bits per heavy atom. The predicted molar refractivity (Wildman–Crippen MR) is 71.3 cm³/mol. The summed E-state index contributed by atoms with van der Waals surface area (Å²) in [5.74, 6) is -0.119. The van der Waals surface area contributed by atoms with E-state index in [9.17, 15) is 10.4 Å². The molecule has 21 heavy (non-hydrogen) atoms. The van der Waals surface area contributed by atoms with Gasteiger partial charge in [-0.05, 0) is 12.1 Å². The molecule has 5 rings (SSSR count). The number of benzene rings is 1. The number of ether oxygens (including phenoxy) is 2. The lowest BCUT2D eigenvalue weighted by atomic mass is 9.76. The van der Waals surface area contributed by atoms with Gasteiger partial charge in [0, 0.05) is 6.42 Å². The Kier molecular flexibility index (Phi) is 2.02. The van der Waals surface area contributed by atoms with E-state index >= 15 is 0 Å². The van der Waals surface area contributed by atoms with Crippen molar-refractivity contribution in [2.24, 2.45) is 0 Å². The first-order valence-electron chi connectivity index (χ1n) is 7.08. The molecule has 1 N–H and O–H groups in total. The monoisotopic (exact) mass is 283 g/mol. The zero-order valence-electron chi connectivity index (χ0n) is 11.1. The summed E-state index contributed by atoms with van der Waals surface area (Å²) in [4.78, 5) is 4.60. The smallest absolute Gasteiger partial charge is 0.188 e. The molecule has 0 unspecified atom stereocenters. The molecule has 1 aromatic carbocycles. The van der Waals surface area contributed by atoms with Gasteiger partial charge >= 0.3 is 0 Å². The van der Waals surface area contributed by atoms with Crippen LogP contribution < -0.4 is 0 Å². The highest BCUT2D eigenvalue weighted by molar-refractivity contribution is 5.76. The second-order valence-corrected chi connectivity index (χ2v) is 5.99. The van der Waals surface area contributed by atoms with E-state index in [2.05, 4.69) is 15.6 Å². The molecule has 106 valence electrons. The molecular formula is C15H13N3O3. The molecule has 6 nitrogen and oxygen atoms in total. The summed E-state index contributed by atoms with van der Waals surface area (Å²) in [5.41, 5.74) is 0.513. The summed E-state index contributed by atoms with van der Waals surface area (Å²) >= 11 is 0. The van der Waals surface area contributed by atoms with Gasteiger partial charge in [-0.2, -0.15) is 5.26 Å². The summed E-state index contributed by atoms with van der Waals surface area (Å²) < 4.78 is 13.4. The van der Waals surface area contributed by atoms with Crippen molar-refractivity contribution in [1.29, 1.82) is 5.26 Å². The second-order valence-electron chi connectivity index (χ2n) is 5.99. The molecular weight excluding hydrogens is 270 g/mol. The maximum Gasteiger partial charge on any atom is 0.188 e. The fraction of sp³-hybridized carbons (Fsp3) is 0.467. The minimum atomic E-state index is -1.32. The molecule has 6 heteroatoms. The van der Waals surface area contributed by atoms with E-state index in [-0.39, 0.29) is 12.1 Å². The van der Waals surface area contributed by atoms with Crippen LogP contribution in [0.4, 0.5) is 0 Å². The van der Waals surface area contributed by atoms with Crippen LogP contribution in [0.3, 0.4) is 0 Å². The van der Waals surface area contributed by atoms with Crippen molar-refractivity contribution in [2.45, 2.75) is 36.4 Å². The van der Waals surface area contributed by atoms with Crippen molar-refractivity contribution in [3.8, 4) is 6.07 Å². The van der Waals surface area contributed by atoms with Gasteiger partial charge in [-0.15, -0.1) is 0 Å². The molecule has 2 saturated heterocycles. The summed E-state index contributed by atoms with van der Waals surface area (Å²) in [6, 6.07) is 9.97. The van der Waals surface area contributed by atoms with Crippen LogP contribution in [0.2, 0.25) is 0 Å². The zero-order chi connectivity index (χ0) is 14.2. The van der Waals surface area contributed by atoms with Gasteiger partial charge in [0.05, 0.1) is 29.8 Å². The van der Waals surface area contributed by atoms with Gasteiger partial charge in [0.2, 0.25) is 0 Å². The predicted octanol–water partition coefficient (Wildman–Crippen LogP) is 1.07. The fourth-order valence-corrected chi connectivity index (χ4v) is 3.97. The van der Waals surface area contributed by atoms with Crippen molar-refractivity contribution in [3.63, 3.8) is 0 Å². The first-order valence-corrected chi connectivity index (χ1v) is 7.08. The van der Waals surface area contributed by atoms with E-state index in [0.29, 0.717) is 18.9 Å². The lowest BCUT2D eigenvalue weighted by Gasteiger charge is -2.47. The topological polar surface area (TPSA) is 80.3 Å². The quantitative estimate of drug-likeness (QED) is 0.782. The average molecular weight is 283 g/mol. The Morgan fingerprint density at radius 3 is 3.14 bits per heavy atom. The molecule has 3 aliphatic rings. The largest absolute Gasteiger partial charge is 0.383 e. The summed E-state index contributed by atoms with van der Waals surface area (Å²) in [7, 11) is 0. The summed E-state index contributed by atoms with van der Waals surface area (Å²) in [6.45, 7) is 0.446. The maximum atomic E-state index is 11.0. The Hall–Kier alpha value is -1.94. The number of nitrogens with zero attached hydrogens (tertiary/aromatic N) is 3. The van der Waals surface area contributed by atoms with E-state index < -0.39 is 17.8 Å². The highest BCUT2D eigenvalue weighted by atomic mass is 16.7. The van der Waals surface area contributed by atoms with Crippen molar-refractivity contribution in [1.82, 2.24) is 9.55 Å². The SMILES string of the molecule is N#C[C@H]1c2nc3ccccc3n2[C@H]2C[C@@]1(O)[C@H]1OC[C@H]2O1. The van der Waals surface area contributed by atoms with Gasteiger partial charge in [-0.3, -0.25) is 0 Å². The minimum Gasteiger partial charge on any atom is -0.383 e. The Balaban J connectivity index is 1.85. The highest BCUT2D eigenvalue weighted by Gasteiger charge is 2.62. The summed E-state index contributed by atoms with van der Waals surface area (Å²) in [5, 5.41) is 20.6. The summed E-state index contributed by atoms with van der Waals surface area (Å²) in [6.07, 6.45) is -0.350. The van der Waals surface area contributed by atoms with Gasteiger partial charge in [-0.25, -0.2) is 4.98 Å². The van der Waals surface area contributed by atoms with Gasteiger partial charge in [-0.1, -0.05) is 12.1 Å². The molecule has 2 fully saturated rings. The molecule has 4 bridgehead atoms. The van der Waals surface area contributed by atoms with Gasteiger partial charge in [0.25, 0.3) is 0 Å². The maximum absolute atomic E-state index is 11.0. The van der Waals surface area contributed by atoms with Crippen LogP contribution in [-0.4, -0.2) is 39.3 Å². The zero-order valence-corrected chi connectivity index (χ0v) is 11.1. The van der Waals surface area contributed by atoms with E-state index in [1.54, 1.807) is 0 Å². The number of fused-ring (bicyclic) bond motifs is 10. The fourth-order valence-electron chi connectivity index (χ4n) is 3.97. The van der Waals surface area contributed by atoms with Gasteiger partial charge in [0.15, 0.2) is 6.29 Å². The number of aromatic nitrogens is 2. The number of hydrogen-bond acceptors (Lipinski definition) is 5. The molecule has 0 amide bonds. The number of para-hydroxylation sites is 2. The Morgan fingerprint density at radius 1 is 1.43 bits per heavy atom. The highest BCUT2D eigenvalue weighted by Crippen LogP contribution is 2.52. The molecule has 2 aromatic rings. The molecule has 0 spiro atoms. The Bertz CT molecular complexity index is 795. The third kappa shape index (κ3) is 1.25. The number of aliphatic hydroxyl groups is 1. The van der Waals surface area contributed by atoms with Crippen molar-refractivity contribution >= 4 is 11.0 Å². The molecule has 0 radical (unpaired) electrons. The third-order valence-corrected chi connectivity index (χ3v) is 4.93. The van der Waals surface area contributed by atoms with Gasteiger partial charge in [0.1, 0.15) is 23.4 Å². The normalized spacial score (nSPS) is 40.0. The van der Waals surface area contributed by atoms with E-state index in [0.717, 1.165) is 11.0 Å². The van der Waals surface area contributed by atoms with E-state index in [1.165, 1.54) is 0 Å². The number of rotatable bonds is 0. The molecule has 1 aromatic heterocycles. The van der Waals surface area contributed by atoms with Crippen LogP contribution in [0.5, 0.6) is 0 Å². The van der Waals surface area contributed by atoms with Crippen LogP contribution >= 0.6 is 0 Å². The average Bonchev–Trinajstić information content (AvgIpc) is 3.09.